The summed E-state index contributed by atoms with van der Waals surface area (Å²) in [5.41, 5.74) is 1.38. The predicted molar refractivity (Wildman–Crippen MR) is 127 cm³/mol. The molecular formula is C27H23FN2O4. The van der Waals surface area contributed by atoms with Gasteiger partial charge in [-0.1, -0.05) is 24.3 Å². The summed E-state index contributed by atoms with van der Waals surface area (Å²) in [5, 5.41) is 0. The maximum Gasteiger partial charge on any atom is 0.266 e. The largest absolute Gasteiger partial charge is 0.494 e. The van der Waals surface area contributed by atoms with E-state index in [0.29, 0.717) is 23.6 Å². The summed E-state index contributed by atoms with van der Waals surface area (Å²) in [6.45, 7) is 6.28. The van der Waals surface area contributed by atoms with Crippen molar-refractivity contribution in [3.63, 3.8) is 0 Å². The van der Waals surface area contributed by atoms with E-state index in [2.05, 4.69) is 6.58 Å². The van der Waals surface area contributed by atoms with Crippen molar-refractivity contribution in [3.05, 3.63) is 107 Å². The second-order valence-corrected chi connectivity index (χ2v) is 7.70. The third kappa shape index (κ3) is 4.32. The van der Waals surface area contributed by atoms with Gasteiger partial charge in [-0.05, 0) is 55.5 Å². The second-order valence-electron chi connectivity index (χ2n) is 7.70. The van der Waals surface area contributed by atoms with E-state index in [9.17, 15) is 18.8 Å². The van der Waals surface area contributed by atoms with Crippen molar-refractivity contribution < 1.29 is 23.5 Å². The number of carbonyl (C=O) groups excluding carboxylic acids is 3. The third-order valence-corrected chi connectivity index (χ3v) is 5.50. The number of imide groups is 1. The highest BCUT2D eigenvalue weighted by Crippen LogP contribution is 2.30. The maximum atomic E-state index is 14.1. The molecule has 0 bridgehead atoms. The van der Waals surface area contributed by atoms with Crippen LogP contribution in [-0.4, -0.2) is 35.8 Å². The first-order valence-corrected chi connectivity index (χ1v) is 10.8. The Morgan fingerprint density at radius 1 is 1.03 bits per heavy atom. The van der Waals surface area contributed by atoms with Gasteiger partial charge in [0.2, 0.25) is 0 Å². The Balaban J connectivity index is 1.61. The number of amides is 3. The van der Waals surface area contributed by atoms with Gasteiger partial charge >= 0.3 is 0 Å². The minimum Gasteiger partial charge on any atom is -0.494 e. The van der Waals surface area contributed by atoms with Crippen LogP contribution in [0.25, 0.3) is 0 Å². The van der Waals surface area contributed by atoms with Crippen molar-refractivity contribution in [2.75, 3.05) is 18.1 Å². The van der Waals surface area contributed by atoms with Crippen LogP contribution in [0.1, 0.15) is 43.6 Å². The Kier molecular flexibility index (Phi) is 6.54. The highest BCUT2D eigenvalue weighted by atomic mass is 19.1. The number of anilines is 1. The van der Waals surface area contributed by atoms with Gasteiger partial charge in [-0.15, -0.1) is 6.58 Å². The summed E-state index contributed by atoms with van der Waals surface area (Å²) in [6, 6.07) is 17.3. The average Bonchev–Trinajstić information content (AvgIpc) is 3.10. The van der Waals surface area contributed by atoms with E-state index in [1.165, 1.54) is 29.2 Å². The molecule has 1 aliphatic rings. The first-order valence-electron chi connectivity index (χ1n) is 10.8. The molecule has 0 aliphatic carbocycles. The molecule has 4 rings (SSSR count). The second kappa shape index (κ2) is 9.70. The van der Waals surface area contributed by atoms with Gasteiger partial charge in [0.1, 0.15) is 11.6 Å². The van der Waals surface area contributed by atoms with Crippen molar-refractivity contribution in [2.24, 2.45) is 0 Å². The van der Waals surface area contributed by atoms with Gasteiger partial charge in [0.15, 0.2) is 0 Å². The third-order valence-electron chi connectivity index (χ3n) is 5.50. The molecule has 0 aromatic heterocycles. The fraction of sp³-hybridized carbons (Fsp3) is 0.148. The number of hydrogen-bond acceptors (Lipinski definition) is 4. The van der Waals surface area contributed by atoms with E-state index < -0.39 is 23.5 Å². The monoisotopic (exact) mass is 458 g/mol. The molecular weight excluding hydrogens is 435 g/mol. The van der Waals surface area contributed by atoms with Gasteiger partial charge in [0, 0.05) is 24.2 Å². The van der Waals surface area contributed by atoms with Gasteiger partial charge in [0.25, 0.3) is 17.7 Å². The molecule has 0 radical (unpaired) electrons. The van der Waals surface area contributed by atoms with Crippen LogP contribution in [0.2, 0.25) is 0 Å². The number of halogens is 1. The van der Waals surface area contributed by atoms with E-state index in [4.69, 9.17) is 4.74 Å². The van der Waals surface area contributed by atoms with Crippen LogP contribution in [-0.2, 0) is 6.54 Å². The summed E-state index contributed by atoms with van der Waals surface area (Å²) in [5.74, 6) is -1.15. The Labute approximate surface area is 196 Å². The number of hydrogen-bond donors (Lipinski definition) is 0. The molecule has 3 aromatic rings. The lowest BCUT2D eigenvalue weighted by Crippen LogP contribution is -2.31. The van der Waals surface area contributed by atoms with E-state index in [0.717, 1.165) is 4.90 Å². The van der Waals surface area contributed by atoms with Crippen LogP contribution >= 0.6 is 0 Å². The minimum absolute atomic E-state index is 0.0415. The molecule has 1 heterocycles. The van der Waals surface area contributed by atoms with Crippen LogP contribution < -0.4 is 9.64 Å². The van der Waals surface area contributed by atoms with Crippen molar-refractivity contribution in [1.29, 1.82) is 0 Å². The fourth-order valence-electron chi connectivity index (χ4n) is 3.86. The Morgan fingerprint density at radius 2 is 1.74 bits per heavy atom. The number of nitrogens with zero attached hydrogens (tertiary/aromatic N) is 2. The standard InChI is InChI=1S/C27H23FN2O4/c1-3-15-29(17-19-7-5-6-8-24(19)28)25(31)18-9-14-22-23(16-18)27(33)30(26(22)32)20-10-12-21(13-11-20)34-4-2/h3,5-14,16H,1,4,15,17H2,2H3. The lowest BCUT2D eigenvalue weighted by molar-refractivity contribution is 0.0760. The number of benzene rings is 3. The predicted octanol–water partition coefficient (Wildman–Crippen LogP) is 4.85. The van der Waals surface area contributed by atoms with E-state index >= 15 is 0 Å². The number of carbonyl (C=O) groups is 3. The van der Waals surface area contributed by atoms with Gasteiger partial charge < -0.3 is 9.64 Å². The zero-order valence-electron chi connectivity index (χ0n) is 18.7. The van der Waals surface area contributed by atoms with E-state index in [1.54, 1.807) is 48.5 Å². The first kappa shape index (κ1) is 22.9. The highest BCUT2D eigenvalue weighted by molar-refractivity contribution is 6.34. The highest BCUT2D eigenvalue weighted by Gasteiger charge is 2.37. The van der Waals surface area contributed by atoms with E-state index in [-0.39, 0.29) is 29.8 Å². The molecule has 0 saturated heterocycles. The molecule has 0 fully saturated rings. The Morgan fingerprint density at radius 3 is 2.41 bits per heavy atom. The summed E-state index contributed by atoms with van der Waals surface area (Å²) in [7, 11) is 0. The van der Waals surface area contributed by atoms with Gasteiger partial charge in [-0.2, -0.15) is 0 Å². The summed E-state index contributed by atoms with van der Waals surface area (Å²) in [4.78, 5) is 41.8. The molecule has 0 N–H and O–H groups in total. The molecule has 34 heavy (non-hydrogen) atoms. The Bertz CT molecular complexity index is 1270. The Hall–Kier alpha value is -4.26. The van der Waals surface area contributed by atoms with Crippen LogP contribution in [0.4, 0.5) is 10.1 Å². The molecule has 7 heteroatoms. The topological polar surface area (TPSA) is 66.9 Å². The number of fused-ring (bicyclic) bond motifs is 1. The van der Waals surface area contributed by atoms with Crippen molar-refractivity contribution in [1.82, 2.24) is 4.90 Å². The van der Waals surface area contributed by atoms with Crippen LogP contribution in [0.5, 0.6) is 5.75 Å². The summed E-state index contributed by atoms with van der Waals surface area (Å²) in [6.07, 6.45) is 1.55. The number of rotatable bonds is 8. The molecule has 3 amide bonds. The van der Waals surface area contributed by atoms with Crippen molar-refractivity contribution in [3.8, 4) is 5.75 Å². The quantitative estimate of drug-likeness (QED) is 0.357. The first-order chi connectivity index (χ1) is 16.4. The van der Waals surface area contributed by atoms with Gasteiger partial charge in [0.05, 0.1) is 23.4 Å². The minimum atomic E-state index is -0.511. The van der Waals surface area contributed by atoms with Crippen LogP contribution in [0.15, 0.2) is 79.4 Å². The molecule has 0 unspecified atom stereocenters. The molecule has 3 aromatic carbocycles. The summed E-state index contributed by atoms with van der Waals surface area (Å²) >= 11 is 0. The van der Waals surface area contributed by atoms with Crippen LogP contribution in [0.3, 0.4) is 0 Å². The molecule has 0 saturated carbocycles. The fourth-order valence-corrected chi connectivity index (χ4v) is 3.86. The average molecular weight is 458 g/mol. The zero-order chi connectivity index (χ0) is 24.2. The lowest BCUT2D eigenvalue weighted by Gasteiger charge is -2.22. The van der Waals surface area contributed by atoms with Crippen LogP contribution in [0, 0.1) is 5.82 Å². The smallest absolute Gasteiger partial charge is 0.266 e. The van der Waals surface area contributed by atoms with E-state index in [1.807, 2.05) is 6.92 Å². The molecule has 0 atom stereocenters. The normalized spacial score (nSPS) is 12.5. The maximum absolute atomic E-state index is 14.1. The molecule has 172 valence electrons. The van der Waals surface area contributed by atoms with Crippen molar-refractivity contribution in [2.45, 2.75) is 13.5 Å². The van der Waals surface area contributed by atoms with Crippen molar-refractivity contribution >= 4 is 23.4 Å². The zero-order valence-corrected chi connectivity index (χ0v) is 18.7. The number of ether oxygens (including phenoxy) is 1. The molecule has 0 spiro atoms. The summed E-state index contributed by atoms with van der Waals surface area (Å²) < 4.78 is 19.6. The SMILES string of the molecule is C=CCN(Cc1ccccc1F)C(=O)c1ccc2c(c1)C(=O)N(c1ccc(OCC)cc1)C2=O. The van der Waals surface area contributed by atoms with Gasteiger partial charge in [-0.3, -0.25) is 14.4 Å². The van der Waals surface area contributed by atoms with Gasteiger partial charge in [-0.25, -0.2) is 9.29 Å². The lowest BCUT2D eigenvalue weighted by atomic mass is 10.0. The molecule has 6 nitrogen and oxygen atoms in total. The molecule has 1 aliphatic heterocycles.